The van der Waals surface area contributed by atoms with E-state index in [9.17, 15) is 9.90 Å². The van der Waals surface area contributed by atoms with Crippen molar-refractivity contribution in [1.82, 2.24) is 10.6 Å². The second-order valence-corrected chi connectivity index (χ2v) is 6.30. The number of urea groups is 1. The van der Waals surface area contributed by atoms with Crippen LogP contribution in [0.4, 0.5) is 4.79 Å². The number of aliphatic hydroxyl groups excluding tert-OH is 1. The van der Waals surface area contributed by atoms with Crippen LogP contribution in [-0.2, 0) is 11.2 Å². The predicted molar refractivity (Wildman–Crippen MR) is 79.0 cm³/mol. The minimum atomic E-state index is -0.260. The predicted octanol–water partition coefficient (Wildman–Crippen LogP) is 1.68. The fourth-order valence-electron chi connectivity index (χ4n) is 2.22. The van der Waals surface area contributed by atoms with Gasteiger partial charge in [0.15, 0.2) is 0 Å². The highest BCUT2D eigenvalue weighted by atomic mass is 32.1. The molecule has 3 N–H and O–H groups in total. The molecule has 1 aliphatic rings. The fourth-order valence-corrected chi connectivity index (χ4v) is 3.14. The first kappa shape index (κ1) is 15.3. The van der Waals surface area contributed by atoms with E-state index >= 15 is 0 Å². The number of hydrogen-bond donors (Lipinski definition) is 3. The molecule has 6 heteroatoms. The number of nitrogens with one attached hydrogen (secondary N) is 2. The second-order valence-electron chi connectivity index (χ2n) is 5.30. The molecule has 1 aliphatic heterocycles. The van der Waals surface area contributed by atoms with Crippen molar-refractivity contribution in [2.24, 2.45) is 5.92 Å². The molecule has 5 nitrogen and oxygen atoms in total. The van der Waals surface area contributed by atoms with Crippen LogP contribution in [0.3, 0.4) is 0 Å². The molecule has 0 unspecified atom stereocenters. The highest BCUT2D eigenvalue weighted by Gasteiger charge is 2.23. The first-order chi connectivity index (χ1) is 9.61. The normalized spacial score (nSPS) is 19.5. The molecule has 0 aromatic carbocycles. The minimum Gasteiger partial charge on any atom is -0.394 e. The molecule has 0 aliphatic carbocycles. The van der Waals surface area contributed by atoms with E-state index in [0.29, 0.717) is 13.2 Å². The lowest BCUT2D eigenvalue weighted by molar-refractivity contribution is 0.0452. The molecule has 1 aromatic rings. The Balaban J connectivity index is 1.83. The Morgan fingerprint density at radius 2 is 2.40 bits per heavy atom. The molecule has 0 bridgehead atoms. The van der Waals surface area contributed by atoms with Crippen LogP contribution >= 0.6 is 11.3 Å². The Labute approximate surface area is 123 Å². The Morgan fingerprint density at radius 1 is 1.60 bits per heavy atom. The lowest BCUT2D eigenvalue weighted by Gasteiger charge is -2.25. The van der Waals surface area contributed by atoms with Gasteiger partial charge in [0.05, 0.1) is 19.3 Å². The number of amides is 2. The molecule has 2 amide bonds. The van der Waals surface area contributed by atoms with E-state index in [1.54, 1.807) is 11.3 Å². The summed E-state index contributed by atoms with van der Waals surface area (Å²) in [6, 6.07) is 1.58. The summed E-state index contributed by atoms with van der Waals surface area (Å²) in [7, 11) is 0. The van der Waals surface area contributed by atoms with Crippen LogP contribution in [0.25, 0.3) is 0 Å². The van der Waals surface area contributed by atoms with Crippen molar-refractivity contribution in [1.29, 1.82) is 0 Å². The van der Waals surface area contributed by atoms with Crippen LogP contribution in [0.15, 0.2) is 11.4 Å². The van der Waals surface area contributed by atoms with Crippen molar-refractivity contribution in [3.8, 4) is 0 Å². The summed E-state index contributed by atoms with van der Waals surface area (Å²) in [5.74, 6) is 0.195. The van der Waals surface area contributed by atoms with Crippen molar-refractivity contribution >= 4 is 17.4 Å². The standard InChI is InChI=1S/C14H22N2O3S/c1-9(2)11(8-17)16-14(18)15-7-12-10-4-6-20-13(10)3-5-19-12/h4,6,9,11-12,17H,3,5,7-8H2,1-2H3,(H2,15,16,18)/t11-,12+/m1/s1. The monoisotopic (exact) mass is 298 g/mol. The molecule has 2 rings (SSSR count). The van der Waals surface area contributed by atoms with Crippen LogP contribution in [0, 0.1) is 5.92 Å². The van der Waals surface area contributed by atoms with Crippen LogP contribution in [-0.4, -0.2) is 36.9 Å². The minimum absolute atomic E-state index is 0.0559. The summed E-state index contributed by atoms with van der Waals surface area (Å²) < 4.78 is 5.71. The average molecular weight is 298 g/mol. The molecule has 0 fully saturated rings. The summed E-state index contributed by atoms with van der Waals surface area (Å²) in [5, 5.41) is 16.9. The number of carbonyl (C=O) groups is 1. The Kier molecular flexibility index (Phi) is 5.39. The molecule has 0 spiro atoms. The molecule has 0 saturated carbocycles. The Morgan fingerprint density at radius 3 is 3.10 bits per heavy atom. The van der Waals surface area contributed by atoms with Gasteiger partial charge in [0.2, 0.25) is 0 Å². The third-order valence-electron chi connectivity index (χ3n) is 3.54. The van der Waals surface area contributed by atoms with Gasteiger partial charge in [-0.25, -0.2) is 4.79 Å². The van der Waals surface area contributed by atoms with Gasteiger partial charge >= 0.3 is 6.03 Å². The van der Waals surface area contributed by atoms with Gasteiger partial charge in [0.1, 0.15) is 6.10 Å². The second kappa shape index (κ2) is 7.06. The zero-order valence-corrected chi connectivity index (χ0v) is 12.7. The first-order valence-electron chi connectivity index (χ1n) is 6.95. The lowest BCUT2D eigenvalue weighted by Crippen LogP contribution is -2.47. The van der Waals surface area contributed by atoms with Gasteiger partial charge < -0.3 is 20.5 Å². The molecule has 112 valence electrons. The van der Waals surface area contributed by atoms with Gasteiger partial charge in [-0.2, -0.15) is 0 Å². The van der Waals surface area contributed by atoms with Crippen LogP contribution in [0.2, 0.25) is 0 Å². The summed E-state index contributed by atoms with van der Waals surface area (Å²) in [4.78, 5) is 13.2. The van der Waals surface area contributed by atoms with Crippen molar-refractivity contribution < 1.29 is 14.6 Å². The van der Waals surface area contributed by atoms with Crippen LogP contribution in [0.1, 0.15) is 30.4 Å². The third-order valence-corrected chi connectivity index (χ3v) is 4.54. The maximum Gasteiger partial charge on any atom is 0.315 e. The van der Waals surface area contributed by atoms with Crippen molar-refractivity contribution in [2.75, 3.05) is 19.8 Å². The Hall–Kier alpha value is -1.11. The number of aliphatic hydroxyl groups is 1. The van der Waals surface area contributed by atoms with Gasteiger partial charge in [-0.1, -0.05) is 13.8 Å². The van der Waals surface area contributed by atoms with E-state index in [1.165, 1.54) is 10.4 Å². The summed E-state index contributed by atoms with van der Waals surface area (Å²) in [6.45, 7) is 5.02. The number of rotatable bonds is 5. The molecular weight excluding hydrogens is 276 g/mol. The summed E-state index contributed by atoms with van der Waals surface area (Å²) in [6.07, 6.45) is 0.887. The quantitative estimate of drug-likeness (QED) is 0.774. The molecular formula is C14H22N2O3S. The maximum atomic E-state index is 11.8. The highest BCUT2D eigenvalue weighted by molar-refractivity contribution is 7.10. The van der Waals surface area contributed by atoms with Gasteiger partial charge in [-0.15, -0.1) is 11.3 Å². The van der Waals surface area contributed by atoms with Gasteiger partial charge in [0.25, 0.3) is 0 Å². The van der Waals surface area contributed by atoms with Gasteiger partial charge in [-0.3, -0.25) is 0 Å². The lowest BCUT2D eigenvalue weighted by atomic mass is 10.1. The van der Waals surface area contributed by atoms with Crippen molar-refractivity contribution in [3.05, 3.63) is 21.9 Å². The number of thiophene rings is 1. The maximum absolute atomic E-state index is 11.8. The average Bonchev–Trinajstić information content (AvgIpc) is 2.91. The zero-order valence-electron chi connectivity index (χ0n) is 11.9. The SMILES string of the molecule is CC(C)[C@@H](CO)NC(=O)NC[C@@H]1OCCc2sccc21. The van der Waals surface area contributed by atoms with Crippen molar-refractivity contribution in [3.63, 3.8) is 0 Å². The number of fused-ring (bicyclic) bond motifs is 1. The zero-order chi connectivity index (χ0) is 14.5. The van der Waals surface area contributed by atoms with E-state index in [4.69, 9.17) is 4.74 Å². The molecule has 2 heterocycles. The largest absolute Gasteiger partial charge is 0.394 e. The van der Waals surface area contributed by atoms with Crippen molar-refractivity contribution in [2.45, 2.75) is 32.4 Å². The third kappa shape index (κ3) is 3.71. The van der Waals surface area contributed by atoms with E-state index in [1.807, 2.05) is 13.8 Å². The number of ether oxygens (including phenoxy) is 1. The molecule has 0 saturated heterocycles. The van der Waals surface area contributed by atoms with Crippen LogP contribution in [0.5, 0.6) is 0 Å². The first-order valence-corrected chi connectivity index (χ1v) is 7.83. The molecule has 0 radical (unpaired) electrons. The van der Waals surface area contributed by atoms with E-state index in [2.05, 4.69) is 22.1 Å². The fraction of sp³-hybridized carbons (Fsp3) is 0.643. The summed E-state index contributed by atoms with van der Waals surface area (Å²) >= 11 is 1.74. The van der Waals surface area contributed by atoms with Gasteiger partial charge in [0, 0.05) is 17.8 Å². The Bertz CT molecular complexity index is 447. The molecule has 2 atom stereocenters. The topological polar surface area (TPSA) is 70.6 Å². The highest BCUT2D eigenvalue weighted by Crippen LogP contribution is 2.30. The number of carbonyl (C=O) groups excluding carboxylic acids is 1. The van der Waals surface area contributed by atoms with E-state index < -0.39 is 0 Å². The van der Waals surface area contributed by atoms with Crippen LogP contribution < -0.4 is 10.6 Å². The molecule has 1 aromatic heterocycles. The number of hydrogen-bond acceptors (Lipinski definition) is 4. The summed E-state index contributed by atoms with van der Waals surface area (Å²) in [5.41, 5.74) is 1.18. The van der Waals surface area contributed by atoms with E-state index in [0.717, 1.165) is 6.42 Å². The molecule has 20 heavy (non-hydrogen) atoms. The van der Waals surface area contributed by atoms with E-state index in [-0.39, 0.29) is 30.7 Å². The van der Waals surface area contributed by atoms with Gasteiger partial charge in [-0.05, 0) is 22.9 Å². The smallest absolute Gasteiger partial charge is 0.315 e.